The molecule has 82 valence electrons. The summed E-state index contributed by atoms with van der Waals surface area (Å²) in [5, 5.41) is 11.7. The highest BCUT2D eigenvalue weighted by molar-refractivity contribution is 5.96. The minimum atomic E-state index is -0.720. The SMILES string of the molecule is C/C(NCc1ccncc1)=C(\C#N)C(N)=O. The van der Waals surface area contributed by atoms with Crippen molar-refractivity contribution in [2.24, 2.45) is 5.73 Å². The molecule has 0 aliphatic rings. The lowest BCUT2D eigenvalue weighted by atomic mass is 10.2. The van der Waals surface area contributed by atoms with Gasteiger partial charge in [0, 0.05) is 24.6 Å². The van der Waals surface area contributed by atoms with Crippen LogP contribution in [0.4, 0.5) is 0 Å². The highest BCUT2D eigenvalue weighted by Gasteiger charge is 2.07. The fourth-order valence-corrected chi connectivity index (χ4v) is 1.15. The quantitative estimate of drug-likeness (QED) is 0.564. The third-order valence-electron chi connectivity index (χ3n) is 2.04. The predicted molar refractivity (Wildman–Crippen MR) is 58.6 cm³/mol. The Kier molecular flexibility index (Phi) is 4.04. The van der Waals surface area contributed by atoms with Crippen molar-refractivity contribution in [2.75, 3.05) is 0 Å². The minimum Gasteiger partial charge on any atom is -0.383 e. The van der Waals surface area contributed by atoms with Gasteiger partial charge >= 0.3 is 0 Å². The van der Waals surface area contributed by atoms with Crippen molar-refractivity contribution in [3.63, 3.8) is 0 Å². The van der Waals surface area contributed by atoms with Gasteiger partial charge in [-0.15, -0.1) is 0 Å². The van der Waals surface area contributed by atoms with Gasteiger partial charge in [0.25, 0.3) is 5.91 Å². The second-order valence-corrected chi connectivity index (χ2v) is 3.19. The Balaban J connectivity index is 2.69. The molecule has 1 aromatic rings. The molecule has 0 saturated carbocycles. The van der Waals surface area contributed by atoms with Crippen LogP contribution < -0.4 is 11.1 Å². The van der Waals surface area contributed by atoms with Crippen LogP contribution in [0.2, 0.25) is 0 Å². The molecule has 0 fully saturated rings. The van der Waals surface area contributed by atoms with Crippen LogP contribution in [-0.4, -0.2) is 10.9 Å². The first-order valence-electron chi connectivity index (χ1n) is 4.68. The van der Waals surface area contributed by atoms with E-state index in [2.05, 4.69) is 10.3 Å². The van der Waals surface area contributed by atoms with E-state index in [9.17, 15) is 4.79 Å². The van der Waals surface area contributed by atoms with Gasteiger partial charge in [-0.05, 0) is 24.6 Å². The number of carbonyl (C=O) groups is 1. The van der Waals surface area contributed by atoms with E-state index in [1.165, 1.54) is 0 Å². The summed E-state index contributed by atoms with van der Waals surface area (Å²) < 4.78 is 0. The molecule has 5 nitrogen and oxygen atoms in total. The standard InChI is InChI=1S/C11H12N4O/c1-8(10(6-12)11(13)16)15-7-9-2-4-14-5-3-9/h2-5,15H,7H2,1H3,(H2,13,16)/b10-8-. The zero-order valence-corrected chi connectivity index (χ0v) is 8.90. The molecule has 0 bridgehead atoms. The number of pyridine rings is 1. The monoisotopic (exact) mass is 216 g/mol. The summed E-state index contributed by atoms with van der Waals surface area (Å²) in [7, 11) is 0. The molecule has 0 aliphatic heterocycles. The topological polar surface area (TPSA) is 91.8 Å². The van der Waals surface area contributed by atoms with Crippen molar-refractivity contribution < 1.29 is 4.79 Å². The fourth-order valence-electron chi connectivity index (χ4n) is 1.15. The summed E-state index contributed by atoms with van der Waals surface area (Å²) in [6.45, 7) is 2.16. The Morgan fingerprint density at radius 1 is 1.56 bits per heavy atom. The number of nitrogens with two attached hydrogens (primary N) is 1. The van der Waals surface area contributed by atoms with Crippen LogP contribution in [0.5, 0.6) is 0 Å². The van der Waals surface area contributed by atoms with E-state index < -0.39 is 5.91 Å². The Labute approximate surface area is 93.6 Å². The minimum absolute atomic E-state index is 0.0472. The molecule has 0 aromatic carbocycles. The summed E-state index contributed by atoms with van der Waals surface area (Å²) >= 11 is 0. The average molecular weight is 216 g/mol. The smallest absolute Gasteiger partial charge is 0.261 e. The summed E-state index contributed by atoms with van der Waals surface area (Å²) in [6, 6.07) is 5.46. The van der Waals surface area contributed by atoms with E-state index in [0.717, 1.165) is 5.56 Å². The van der Waals surface area contributed by atoms with Crippen LogP contribution in [0.15, 0.2) is 35.8 Å². The molecule has 5 heteroatoms. The predicted octanol–water partition coefficient (Wildman–Crippen LogP) is 0.454. The van der Waals surface area contributed by atoms with Crippen molar-refractivity contribution >= 4 is 5.91 Å². The maximum absolute atomic E-state index is 10.9. The van der Waals surface area contributed by atoms with Gasteiger partial charge in [-0.25, -0.2) is 0 Å². The molecule has 1 amide bonds. The Morgan fingerprint density at radius 2 is 2.19 bits per heavy atom. The van der Waals surface area contributed by atoms with Gasteiger partial charge in [-0.2, -0.15) is 5.26 Å². The number of nitrogens with one attached hydrogen (secondary N) is 1. The number of hydrogen-bond acceptors (Lipinski definition) is 4. The molecule has 0 unspecified atom stereocenters. The summed E-state index contributed by atoms with van der Waals surface area (Å²) in [5.74, 6) is -0.720. The second-order valence-electron chi connectivity index (χ2n) is 3.19. The van der Waals surface area contributed by atoms with E-state index in [0.29, 0.717) is 12.2 Å². The van der Waals surface area contributed by atoms with Crippen molar-refractivity contribution in [3.8, 4) is 6.07 Å². The summed E-state index contributed by atoms with van der Waals surface area (Å²) in [6.07, 6.45) is 3.35. The first-order valence-corrected chi connectivity index (χ1v) is 4.68. The number of primary amides is 1. The molecule has 16 heavy (non-hydrogen) atoms. The number of allylic oxidation sites excluding steroid dienone is 1. The van der Waals surface area contributed by atoms with Gasteiger partial charge < -0.3 is 11.1 Å². The van der Waals surface area contributed by atoms with Gasteiger partial charge in [-0.3, -0.25) is 9.78 Å². The van der Waals surface area contributed by atoms with Crippen LogP contribution in [0.25, 0.3) is 0 Å². The molecule has 0 radical (unpaired) electrons. The summed E-state index contributed by atoms with van der Waals surface area (Å²) in [4.78, 5) is 14.8. The normalized spacial score (nSPS) is 11.2. The highest BCUT2D eigenvalue weighted by Crippen LogP contribution is 2.02. The maximum atomic E-state index is 10.9. The average Bonchev–Trinajstić information content (AvgIpc) is 2.28. The van der Waals surface area contributed by atoms with Crippen LogP contribution in [0, 0.1) is 11.3 Å². The third-order valence-corrected chi connectivity index (χ3v) is 2.04. The molecular weight excluding hydrogens is 204 g/mol. The summed E-state index contributed by atoms with van der Waals surface area (Å²) in [5.41, 5.74) is 6.49. The van der Waals surface area contributed by atoms with Crippen molar-refractivity contribution in [1.29, 1.82) is 5.26 Å². The molecule has 3 N–H and O–H groups in total. The van der Waals surface area contributed by atoms with E-state index >= 15 is 0 Å². The van der Waals surface area contributed by atoms with Crippen LogP contribution in [0.3, 0.4) is 0 Å². The van der Waals surface area contributed by atoms with Crippen molar-refractivity contribution in [1.82, 2.24) is 10.3 Å². The number of hydrogen-bond donors (Lipinski definition) is 2. The number of aromatic nitrogens is 1. The zero-order chi connectivity index (χ0) is 12.0. The lowest BCUT2D eigenvalue weighted by Crippen LogP contribution is -2.20. The molecule has 0 aliphatic carbocycles. The van der Waals surface area contributed by atoms with Crippen LogP contribution in [0.1, 0.15) is 12.5 Å². The van der Waals surface area contributed by atoms with E-state index in [-0.39, 0.29) is 5.57 Å². The van der Waals surface area contributed by atoms with Crippen LogP contribution in [-0.2, 0) is 11.3 Å². The van der Waals surface area contributed by atoms with E-state index in [1.807, 2.05) is 12.1 Å². The third kappa shape index (κ3) is 3.10. The Bertz CT molecular complexity index is 445. The van der Waals surface area contributed by atoms with Gasteiger partial charge in [0.05, 0.1) is 0 Å². The largest absolute Gasteiger partial charge is 0.383 e. The molecule has 1 aromatic heterocycles. The van der Waals surface area contributed by atoms with Gasteiger partial charge in [0.15, 0.2) is 0 Å². The van der Waals surface area contributed by atoms with E-state index in [4.69, 9.17) is 11.0 Å². The van der Waals surface area contributed by atoms with Crippen molar-refractivity contribution in [2.45, 2.75) is 13.5 Å². The Morgan fingerprint density at radius 3 is 2.69 bits per heavy atom. The molecule has 0 atom stereocenters. The Hall–Kier alpha value is -2.35. The van der Waals surface area contributed by atoms with E-state index in [1.54, 1.807) is 25.4 Å². The van der Waals surface area contributed by atoms with Gasteiger partial charge in [0.2, 0.25) is 0 Å². The van der Waals surface area contributed by atoms with Crippen LogP contribution >= 0.6 is 0 Å². The molecule has 1 rings (SSSR count). The molecular formula is C11H12N4O. The highest BCUT2D eigenvalue weighted by atomic mass is 16.1. The lowest BCUT2D eigenvalue weighted by molar-refractivity contribution is -0.114. The first kappa shape index (κ1) is 11.7. The number of nitriles is 1. The number of carbonyl (C=O) groups excluding carboxylic acids is 1. The van der Waals surface area contributed by atoms with Gasteiger partial charge in [0.1, 0.15) is 11.6 Å². The molecule has 1 heterocycles. The first-order chi connectivity index (χ1) is 7.65. The maximum Gasteiger partial charge on any atom is 0.261 e. The number of rotatable bonds is 4. The number of amides is 1. The second kappa shape index (κ2) is 5.51. The number of nitrogens with zero attached hydrogens (tertiary/aromatic N) is 2. The lowest BCUT2D eigenvalue weighted by Gasteiger charge is -2.07. The fraction of sp³-hybridized carbons (Fsp3) is 0.182. The molecule has 0 spiro atoms. The van der Waals surface area contributed by atoms with Gasteiger partial charge in [-0.1, -0.05) is 0 Å². The van der Waals surface area contributed by atoms with Crippen molar-refractivity contribution in [3.05, 3.63) is 41.4 Å². The zero-order valence-electron chi connectivity index (χ0n) is 8.90. The molecule has 0 saturated heterocycles.